The van der Waals surface area contributed by atoms with E-state index in [1.165, 1.54) is 4.90 Å². The normalized spacial score (nSPS) is 29.0. The zero-order chi connectivity index (χ0) is 20.3. The molecular formula is C19H36F3IN4O. The Morgan fingerprint density at radius 1 is 1.21 bits per heavy atom. The van der Waals surface area contributed by atoms with Gasteiger partial charge in [-0.2, -0.15) is 13.2 Å². The maximum Gasteiger partial charge on any atom is 0.401 e. The van der Waals surface area contributed by atoms with Gasteiger partial charge in [-0.25, -0.2) is 0 Å². The lowest BCUT2D eigenvalue weighted by Gasteiger charge is -2.59. The number of rotatable bonds is 6. The molecule has 1 aliphatic carbocycles. The van der Waals surface area contributed by atoms with Crippen LogP contribution in [0.3, 0.4) is 0 Å². The predicted octanol–water partition coefficient (Wildman–Crippen LogP) is 3.64. The fraction of sp³-hybridized carbons (Fsp3) is 0.947. The van der Waals surface area contributed by atoms with Crippen molar-refractivity contribution in [2.45, 2.75) is 64.3 Å². The van der Waals surface area contributed by atoms with E-state index in [0.717, 1.165) is 38.2 Å². The fourth-order valence-corrected chi connectivity index (χ4v) is 4.16. The molecule has 2 rings (SSSR count). The van der Waals surface area contributed by atoms with E-state index in [4.69, 9.17) is 4.74 Å². The molecule has 1 saturated heterocycles. The number of halogens is 4. The molecule has 5 nitrogen and oxygen atoms in total. The highest BCUT2D eigenvalue weighted by Gasteiger charge is 2.58. The molecule has 2 unspecified atom stereocenters. The van der Waals surface area contributed by atoms with Gasteiger partial charge in [0.15, 0.2) is 5.96 Å². The van der Waals surface area contributed by atoms with Crippen molar-refractivity contribution in [2.75, 3.05) is 40.3 Å². The van der Waals surface area contributed by atoms with E-state index in [1.807, 2.05) is 0 Å². The molecular weight excluding hydrogens is 484 g/mol. The van der Waals surface area contributed by atoms with Gasteiger partial charge in [0.2, 0.25) is 0 Å². The molecule has 0 spiro atoms. The lowest BCUT2D eigenvalue weighted by Crippen LogP contribution is -2.69. The van der Waals surface area contributed by atoms with E-state index in [0.29, 0.717) is 25.0 Å². The van der Waals surface area contributed by atoms with Crippen molar-refractivity contribution in [3.05, 3.63) is 0 Å². The van der Waals surface area contributed by atoms with Gasteiger partial charge in [0.25, 0.3) is 0 Å². The minimum Gasteiger partial charge on any atom is -0.378 e. The van der Waals surface area contributed by atoms with Crippen LogP contribution < -0.4 is 10.6 Å². The SMILES string of the molecule is CN=C(NCCC1CCN(CC(F)(F)F)CC1)NC1CC(C)(OC)C1(C)C.I. The van der Waals surface area contributed by atoms with Gasteiger partial charge in [-0.05, 0) is 51.6 Å². The standard InChI is InChI=1S/C19H35F3N4O.HI/c1-17(2)15(12-18(17,3)27-5)25-16(23-4)24-9-6-14-7-10-26(11-8-14)13-19(20,21)22;/h14-15H,6-13H2,1-5H3,(H2,23,24,25);1H. The summed E-state index contributed by atoms with van der Waals surface area (Å²) in [6, 6.07) is 0.291. The van der Waals surface area contributed by atoms with Gasteiger partial charge in [0.1, 0.15) is 0 Å². The van der Waals surface area contributed by atoms with Gasteiger partial charge in [0.05, 0.1) is 12.1 Å². The first-order valence-corrected chi connectivity index (χ1v) is 9.82. The van der Waals surface area contributed by atoms with Gasteiger partial charge in [-0.3, -0.25) is 9.89 Å². The van der Waals surface area contributed by atoms with E-state index in [2.05, 4.69) is 36.4 Å². The number of alkyl halides is 3. The molecule has 1 saturated carbocycles. The minimum absolute atomic E-state index is 0. The van der Waals surface area contributed by atoms with Crippen molar-refractivity contribution >= 4 is 29.9 Å². The summed E-state index contributed by atoms with van der Waals surface area (Å²) < 4.78 is 43.0. The molecule has 2 N–H and O–H groups in total. The Kier molecular flexibility index (Phi) is 9.33. The van der Waals surface area contributed by atoms with Crippen molar-refractivity contribution in [1.82, 2.24) is 15.5 Å². The second-order valence-corrected chi connectivity index (χ2v) is 8.68. The fourth-order valence-electron chi connectivity index (χ4n) is 4.16. The summed E-state index contributed by atoms with van der Waals surface area (Å²) in [6.45, 7) is 7.57. The predicted molar refractivity (Wildman–Crippen MR) is 117 cm³/mol. The summed E-state index contributed by atoms with van der Waals surface area (Å²) in [5.41, 5.74) is -0.126. The van der Waals surface area contributed by atoms with Crippen LogP contribution in [0.4, 0.5) is 13.2 Å². The summed E-state index contributed by atoms with van der Waals surface area (Å²) in [5, 5.41) is 6.83. The Balaban J connectivity index is 0.00000392. The molecule has 0 radical (unpaired) electrons. The number of ether oxygens (including phenoxy) is 1. The molecule has 0 aromatic carbocycles. The summed E-state index contributed by atoms with van der Waals surface area (Å²) in [4.78, 5) is 5.81. The minimum atomic E-state index is -4.10. The molecule has 28 heavy (non-hydrogen) atoms. The lowest BCUT2D eigenvalue weighted by atomic mass is 9.56. The third kappa shape index (κ3) is 6.35. The molecule has 2 aliphatic rings. The van der Waals surface area contributed by atoms with E-state index in [9.17, 15) is 13.2 Å². The first kappa shape index (κ1) is 25.7. The first-order chi connectivity index (χ1) is 12.5. The van der Waals surface area contributed by atoms with Crippen molar-refractivity contribution < 1.29 is 17.9 Å². The number of hydrogen-bond donors (Lipinski definition) is 2. The Bertz CT molecular complexity index is 522. The highest BCUT2D eigenvalue weighted by Crippen LogP contribution is 2.51. The highest BCUT2D eigenvalue weighted by atomic mass is 127. The maximum absolute atomic E-state index is 12.5. The van der Waals surface area contributed by atoms with Crippen LogP contribution in [0.1, 0.15) is 46.5 Å². The zero-order valence-corrected chi connectivity index (χ0v) is 20.0. The van der Waals surface area contributed by atoms with Gasteiger partial charge in [-0.1, -0.05) is 13.8 Å². The number of piperidine rings is 1. The number of methoxy groups -OCH3 is 1. The van der Waals surface area contributed by atoms with E-state index >= 15 is 0 Å². The number of nitrogens with one attached hydrogen (secondary N) is 2. The first-order valence-electron chi connectivity index (χ1n) is 9.82. The average molecular weight is 520 g/mol. The number of aliphatic imine (C=N–C) groups is 1. The molecule has 0 amide bonds. The molecule has 1 aliphatic heterocycles. The van der Waals surface area contributed by atoms with Crippen LogP contribution in [0, 0.1) is 11.3 Å². The zero-order valence-electron chi connectivity index (χ0n) is 17.7. The number of nitrogens with zero attached hydrogens (tertiary/aromatic N) is 2. The molecule has 0 bridgehead atoms. The van der Waals surface area contributed by atoms with Crippen LogP contribution in [0.5, 0.6) is 0 Å². The van der Waals surface area contributed by atoms with Crippen LogP contribution >= 0.6 is 24.0 Å². The molecule has 0 aromatic heterocycles. The van der Waals surface area contributed by atoms with Crippen molar-refractivity contribution in [3.63, 3.8) is 0 Å². The Morgan fingerprint density at radius 3 is 2.29 bits per heavy atom. The lowest BCUT2D eigenvalue weighted by molar-refractivity contribution is -0.176. The van der Waals surface area contributed by atoms with Crippen molar-refractivity contribution in [2.24, 2.45) is 16.3 Å². The molecule has 2 fully saturated rings. The third-order valence-corrected chi connectivity index (χ3v) is 6.77. The van der Waals surface area contributed by atoms with Crippen LogP contribution in [0.25, 0.3) is 0 Å². The second kappa shape index (κ2) is 10.1. The average Bonchev–Trinajstić information content (AvgIpc) is 2.59. The molecule has 166 valence electrons. The van der Waals surface area contributed by atoms with Crippen LogP contribution in [-0.2, 0) is 4.74 Å². The maximum atomic E-state index is 12.5. The second-order valence-electron chi connectivity index (χ2n) is 8.68. The van der Waals surface area contributed by atoms with E-state index in [-0.39, 0.29) is 35.0 Å². The van der Waals surface area contributed by atoms with Crippen molar-refractivity contribution in [1.29, 1.82) is 0 Å². The third-order valence-electron chi connectivity index (χ3n) is 6.77. The highest BCUT2D eigenvalue weighted by molar-refractivity contribution is 14.0. The van der Waals surface area contributed by atoms with Gasteiger partial charge in [-0.15, -0.1) is 24.0 Å². The number of likely N-dealkylation sites (tertiary alicyclic amines) is 1. The molecule has 2 atom stereocenters. The molecule has 0 aromatic rings. The van der Waals surface area contributed by atoms with E-state index < -0.39 is 12.7 Å². The number of hydrogen-bond acceptors (Lipinski definition) is 3. The van der Waals surface area contributed by atoms with E-state index in [1.54, 1.807) is 14.2 Å². The topological polar surface area (TPSA) is 48.9 Å². The van der Waals surface area contributed by atoms with Gasteiger partial charge in [0, 0.05) is 32.2 Å². The van der Waals surface area contributed by atoms with Crippen molar-refractivity contribution in [3.8, 4) is 0 Å². The summed E-state index contributed by atoms with van der Waals surface area (Å²) in [5.74, 6) is 1.25. The number of guanidine groups is 1. The summed E-state index contributed by atoms with van der Waals surface area (Å²) in [6.07, 6.45) is -0.572. The largest absolute Gasteiger partial charge is 0.401 e. The Hall–Kier alpha value is -0.290. The van der Waals surface area contributed by atoms with Crippen LogP contribution in [0.15, 0.2) is 4.99 Å². The quantitative estimate of drug-likeness (QED) is 0.319. The molecule has 9 heteroatoms. The van der Waals surface area contributed by atoms with Gasteiger partial charge < -0.3 is 15.4 Å². The van der Waals surface area contributed by atoms with Crippen LogP contribution in [0.2, 0.25) is 0 Å². The van der Waals surface area contributed by atoms with Gasteiger partial charge >= 0.3 is 6.18 Å². The monoisotopic (exact) mass is 520 g/mol. The summed E-state index contributed by atoms with van der Waals surface area (Å²) >= 11 is 0. The Labute approximate surface area is 184 Å². The molecule has 1 heterocycles. The van der Waals surface area contributed by atoms with Crippen LogP contribution in [-0.4, -0.2) is 69.0 Å². The Morgan fingerprint density at radius 2 is 1.82 bits per heavy atom. The summed E-state index contributed by atoms with van der Waals surface area (Å²) in [7, 11) is 3.51. The smallest absolute Gasteiger partial charge is 0.378 e.